The quantitative estimate of drug-likeness (QED) is 0.227. The summed E-state index contributed by atoms with van der Waals surface area (Å²) in [5, 5.41) is 8.96. The number of unbranched alkanes of at least 4 members (excludes halogenated alkanes) is 2. The molecule has 0 aliphatic heterocycles. The fraction of sp³-hybridized carbons (Fsp3) is 0.304. The molecule has 0 spiro atoms. The summed E-state index contributed by atoms with van der Waals surface area (Å²) in [4.78, 5) is 25.1. The first-order valence-corrected chi connectivity index (χ1v) is 9.90. The maximum atomic E-state index is 12.3. The number of aromatic nitrogens is 3. The van der Waals surface area contributed by atoms with E-state index in [1.807, 2.05) is 43.3 Å². The molecule has 0 saturated carbocycles. The van der Waals surface area contributed by atoms with E-state index >= 15 is 0 Å². The number of carbonyl (C=O) groups excluding carboxylic acids is 2. The van der Waals surface area contributed by atoms with Gasteiger partial charge < -0.3 is 9.47 Å². The molecule has 0 aliphatic carbocycles. The Morgan fingerprint density at radius 3 is 2.40 bits per heavy atom. The average Bonchev–Trinajstić information content (AvgIpc) is 3.15. The highest BCUT2D eigenvalue weighted by molar-refractivity contribution is 5.86. The summed E-state index contributed by atoms with van der Waals surface area (Å²) in [6, 6.07) is 13.1. The molecule has 0 bridgehead atoms. The van der Waals surface area contributed by atoms with Gasteiger partial charge in [0.1, 0.15) is 16.7 Å². The normalized spacial score (nSPS) is 10.7. The lowest BCUT2D eigenvalue weighted by molar-refractivity contribution is -0.139. The molecule has 0 saturated heterocycles. The standard InChI is InChI=1S/C23H25N3O4/c1-16(2)23(28)29-14-8-4-5-11-22(27)30-21-13-12-17(3)15-20(21)26-24-18-9-6-7-10-19(18)25-26/h6-7,9-10,12-13,15H,1,4-5,8,11,14H2,2-3H3. The first-order chi connectivity index (χ1) is 14.4. The van der Waals surface area contributed by atoms with Gasteiger partial charge in [-0.15, -0.1) is 15.0 Å². The highest BCUT2D eigenvalue weighted by Crippen LogP contribution is 2.25. The van der Waals surface area contributed by atoms with Crippen molar-refractivity contribution < 1.29 is 19.1 Å². The molecular weight excluding hydrogens is 382 g/mol. The third-order valence-corrected chi connectivity index (χ3v) is 4.45. The van der Waals surface area contributed by atoms with E-state index in [4.69, 9.17) is 9.47 Å². The molecule has 3 rings (SSSR count). The van der Waals surface area contributed by atoms with Crippen LogP contribution in [-0.2, 0) is 14.3 Å². The van der Waals surface area contributed by atoms with Gasteiger partial charge in [0.25, 0.3) is 0 Å². The number of aryl methyl sites for hydroxylation is 1. The van der Waals surface area contributed by atoms with Gasteiger partial charge in [0, 0.05) is 12.0 Å². The van der Waals surface area contributed by atoms with Crippen LogP contribution in [0.2, 0.25) is 0 Å². The Morgan fingerprint density at radius 2 is 1.73 bits per heavy atom. The number of fused-ring (bicyclic) bond motifs is 1. The molecule has 30 heavy (non-hydrogen) atoms. The molecule has 1 heterocycles. The molecule has 7 heteroatoms. The fourth-order valence-electron chi connectivity index (χ4n) is 2.85. The van der Waals surface area contributed by atoms with Crippen molar-refractivity contribution in [2.75, 3.05) is 6.61 Å². The number of carbonyl (C=O) groups is 2. The molecule has 156 valence electrons. The molecule has 1 aromatic heterocycles. The number of hydrogen-bond acceptors (Lipinski definition) is 6. The van der Waals surface area contributed by atoms with Gasteiger partial charge in [-0.05, 0) is 62.9 Å². The third kappa shape index (κ3) is 5.53. The van der Waals surface area contributed by atoms with E-state index in [-0.39, 0.29) is 18.4 Å². The minimum absolute atomic E-state index is 0.274. The first-order valence-electron chi connectivity index (χ1n) is 9.90. The summed E-state index contributed by atoms with van der Waals surface area (Å²) >= 11 is 0. The summed E-state index contributed by atoms with van der Waals surface area (Å²) in [6.45, 7) is 7.42. The largest absolute Gasteiger partial charge is 0.462 e. The van der Waals surface area contributed by atoms with Crippen LogP contribution < -0.4 is 4.74 Å². The SMILES string of the molecule is C=C(C)C(=O)OCCCCCC(=O)Oc1ccc(C)cc1-n1nc2ccccc2n1. The van der Waals surface area contributed by atoms with Crippen molar-refractivity contribution in [3.63, 3.8) is 0 Å². The predicted molar refractivity (Wildman–Crippen MR) is 113 cm³/mol. The van der Waals surface area contributed by atoms with E-state index in [1.165, 1.54) is 4.80 Å². The zero-order valence-electron chi connectivity index (χ0n) is 17.3. The topological polar surface area (TPSA) is 83.3 Å². The molecule has 0 radical (unpaired) electrons. The zero-order chi connectivity index (χ0) is 21.5. The molecule has 0 fully saturated rings. The molecular formula is C23H25N3O4. The van der Waals surface area contributed by atoms with Crippen molar-refractivity contribution in [1.82, 2.24) is 15.0 Å². The van der Waals surface area contributed by atoms with Gasteiger partial charge in [0.15, 0.2) is 5.75 Å². The van der Waals surface area contributed by atoms with Crippen LogP contribution in [0.15, 0.2) is 54.6 Å². The van der Waals surface area contributed by atoms with Crippen LogP contribution in [0.1, 0.15) is 38.2 Å². The Labute approximate surface area is 175 Å². The van der Waals surface area contributed by atoms with Crippen molar-refractivity contribution in [2.24, 2.45) is 0 Å². The monoisotopic (exact) mass is 407 g/mol. The van der Waals surface area contributed by atoms with Crippen molar-refractivity contribution in [2.45, 2.75) is 39.5 Å². The fourth-order valence-corrected chi connectivity index (χ4v) is 2.85. The van der Waals surface area contributed by atoms with Gasteiger partial charge in [-0.25, -0.2) is 4.79 Å². The van der Waals surface area contributed by atoms with Crippen molar-refractivity contribution in [3.8, 4) is 11.4 Å². The van der Waals surface area contributed by atoms with Crippen molar-refractivity contribution >= 4 is 23.0 Å². The molecule has 0 aliphatic rings. The van der Waals surface area contributed by atoms with Crippen LogP contribution >= 0.6 is 0 Å². The molecule has 0 atom stereocenters. The van der Waals surface area contributed by atoms with Gasteiger partial charge in [0.2, 0.25) is 0 Å². The summed E-state index contributed by atoms with van der Waals surface area (Å²) in [7, 11) is 0. The van der Waals surface area contributed by atoms with Gasteiger partial charge in [-0.3, -0.25) is 4.79 Å². The lowest BCUT2D eigenvalue weighted by Crippen LogP contribution is -2.11. The van der Waals surface area contributed by atoms with Crippen molar-refractivity contribution in [1.29, 1.82) is 0 Å². The smallest absolute Gasteiger partial charge is 0.333 e. The van der Waals surface area contributed by atoms with Gasteiger partial charge in [-0.1, -0.05) is 24.8 Å². The molecule has 0 amide bonds. The highest BCUT2D eigenvalue weighted by atomic mass is 16.5. The number of rotatable bonds is 9. The summed E-state index contributed by atoms with van der Waals surface area (Å²) in [6.07, 6.45) is 2.36. The van der Waals surface area contributed by atoms with Crippen molar-refractivity contribution in [3.05, 3.63) is 60.2 Å². The van der Waals surface area contributed by atoms with Crippen LogP contribution in [0.5, 0.6) is 5.75 Å². The summed E-state index contributed by atoms with van der Waals surface area (Å²) in [5.74, 6) is -0.293. The summed E-state index contributed by atoms with van der Waals surface area (Å²) < 4.78 is 10.6. The van der Waals surface area contributed by atoms with Gasteiger partial charge in [-0.2, -0.15) is 0 Å². The Balaban J connectivity index is 1.57. The Morgan fingerprint density at radius 1 is 1.03 bits per heavy atom. The molecule has 0 N–H and O–H groups in total. The lowest BCUT2D eigenvalue weighted by Gasteiger charge is -2.10. The van der Waals surface area contributed by atoms with Crippen LogP contribution in [-0.4, -0.2) is 33.5 Å². The highest BCUT2D eigenvalue weighted by Gasteiger charge is 2.14. The van der Waals surface area contributed by atoms with E-state index in [0.717, 1.165) is 23.0 Å². The number of benzene rings is 2. The Kier molecular flexibility index (Phi) is 6.95. The Bertz CT molecular complexity index is 1040. The third-order valence-electron chi connectivity index (χ3n) is 4.45. The second-order valence-corrected chi connectivity index (χ2v) is 7.15. The molecule has 2 aromatic carbocycles. The zero-order valence-corrected chi connectivity index (χ0v) is 17.3. The van der Waals surface area contributed by atoms with Gasteiger partial charge >= 0.3 is 11.9 Å². The van der Waals surface area contributed by atoms with E-state index in [0.29, 0.717) is 36.5 Å². The lowest BCUT2D eigenvalue weighted by atomic mass is 10.2. The molecule has 3 aromatic rings. The second-order valence-electron chi connectivity index (χ2n) is 7.15. The van der Waals surface area contributed by atoms with Crippen LogP contribution in [0.3, 0.4) is 0 Å². The maximum absolute atomic E-state index is 12.3. The van der Waals surface area contributed by atoms with Crippen LogP contribution in [0.25, 0.3) is 16.7 Å². The second kappa shape index (κ2) is 9.82. The maximum Gasteiger partial charge on any atom is 0.333 e. The van der Waals surface area contributed by atoms with Crippen LogP contribution in [0.4, 0.5) is 0 Å². The number of esters is 2. The number of nitrogens with zero attached hydrogens (tertiary/aromatic N) is 3. The van der Waals surface area contributed by atoms with Crippen LogP contribution in [0, 0.1) is 6.92 Å². The minimum atomic E-state index is -0.388. The van der Waals surface area contributed by atoms with E-state index in [2.05, 4.69) is 16.8 Å². The predicted octanol–water partition coefficient (Wildman–Crippen LogP) is 4.31. The van der Waals surface area contributed by atoms with E-state index in [9.17, 15) is 9.59 Å². The summed E-state index contributed by atoms with van der Waals surface area (Å²) in [5.41, 5.74) is 3.54. The van der Waals surface area contributed by atoms with E-state index < -0.39 is 0 Å². The Hall–Kier alpha value is -3.48. The molecule has 7 nitrogen and oxygen atoms in total. The molecule has 0 unspecified atom stereocenters. The first kappa shape index (κ1) is 21.2. The minimum Gasteiger partial charge on any atom is -0.462 e. The number of ether oxygens (including phenoxy) is 2. The average molecular weight is 407 g/mol. The van der Waals surface area contributed by atoms with E-state index in [1.54, 1.807) is 13.0 Å². The van der Waals surface area contributed by atoms with Gasteiger partial charge in [0.05, 0.1) is 6.61 Å². The number of hydrogen-bond donors (Lipinski definition) is 0.